The van der Waals surface area contributed by atoms with E-state index in [9.17, 15) is 14.4 Å². The van der Waals surface area contributed by atoms with E-state index in [-0.39, 0.29) is 18.4 Å². The van der Waals surface area contributed by atoms with Crippen molar-refractivity contribution < 1.29 is 19.1 Å². The van der Waals surface area contributed by atoms with Crippen molar-refractivity contribution in [3.63, 3.8) is 0 Å². The van der Waals surface area contributed by atoms with Gasteiger partial charge in [-0.15, -0.1) is 0 Å². The zero-order chi connectivity index (χ0) is 18.1. The van der Waals surface area contributed by atoms with Gasteiger partial charge in [0.15, 0.2) is 0 Å². The quantitative estimate of drug-likeness (QED) is 0.741. The number of ether oxygens (including phenoxy) is 1. The molecule has 0 bridgehead atoms. The summed E-state index contributed by atoms with van der Waals surface area (Å²) in [5, 5.41) is 2.81. The van der Waals surface area contributed by atoms with Gasteiger partial charge in [-0.2, -0.15) is 0 Å². The minimum atomic E-state index is -0.412. The maximum Gasteiger partial charge on any atom is 0.338 e. The fraction of sp³-hybridized carbons (Fsp3) is 0.500. The molecule has 0 saturated heterocycles. The van der Waals surface area contributed by atoms with Crippen molar-refractivity contribution in [2.24, 2.45) is 5.92 Å². The highest BCUT2D eigenvalue weighted by atomic mass is 16.5. The number of esters is 1. The lowest BCUT2D eigenvalue weighted by Crippen LogP contribution is -2.40. The molecule has 0 aliphatic rings. The molecule has 1 N–H and O–H groups in total. The molecule has 6 heteroatoms. The van der Waals surface area contributed by atoms with Crippen LogP contribution in [0.3, 0.4) is 0 Å². The average Bonchev–Trinajstić information content (AvgIpc) is 2.52. The van der Waals surface area contributed by atoms with Crippen LogP contribution in [0.2, 0.25) is 0 Å². The minimum absolute atomic E-state index is 0.0494. The highest BCUT2D eigenvalue weighted by molar-refractivity contribution is 5.98. The first kappa shape index (κ1) is 19.7. The van der Waals surface area contributed by atoms with E-state index in [2.05, 4.69) is 19.2 Å². The highest BCUT2D eigenvalue weighted by Crippen LogP contribution is 2.16. The lowest BCUT2D eigenvalue weighted by atomic mass is 10.1. The van der Waals surface area contributed by atoms with Gasteiger partial charge in [-0.1, -0.05) is 13.8 Å². The van der Waals surface area contributed by atoms with Gasteiger partial charge in [0.2, 0.25) is 11.8 Å². The second kappa shape index (κ2) is 9.70. The Morgan fingerprint density at radius 1 is 1.17 bits per heavy atom. The molecule has 0 aromatic heterocycles. The second-order valence-corrected chi connectivity index (χ2v) is 5.90. The van der Waals surface area contributed by atoms with Crippen LogP contribution in [0.5, 0.6) is 0 Å². The number of amides is 2. The fourth-order valence-electron chi connectivity index (χ4n) is 2.08. The summed E-state index contributed by atoms with van der Waals surface area (Å²) >= 11 is 0. The van der Waals surface area contributed by atoms with Gasteiger partial charge in [0, 0.05) is 19.2 Å². The molecule has 1 aromatic carbocycles. The maximum atomic E-state index is 12.0. The molecule has 0 fully saturated rings. The number of carbonyl (C=O) groups is 3. The van der Waals surface area contributed by atoms with Crippen molar-refractivity contribution in [3.8, 4) is 0 Å². The van der Waals surface area contributed by atoms with Gasteiger partial charge in [-0.05, 0) is 43.5 Å². The third-order valence-corrected chi connectivity index (χ3v) is 3.42. The first-order valence-electron chi connectivity index (χ1n) is 8.17. The Kier molecular flexibility index (Phi) is 7.95. The third kappa shape index (κ3) is 6.40. The van der Waals surface area contributed by atoms with Crippen molar-refractivity contribution in [1.82, 2.24) is 5.32 Å². The van der Waals surface area contributed by atoms with Crippen LogP contribution in [0.1, 0.15) is 44.5 Å². The Morgan fingerprint density at radius 2 is 1.79 bits per heavy atom. The molecular formula is C18H26N2O4. The van der Waals surface area contributed by atoms with Gasteiger partial charge in [0.1, 0.15) is 6.54 Å². The summed E-state index contributed by atoms with van der Waals surface area (Å²) in [6, 6.07) is 6.43. The molecule has 0 heterocycles. The molecule has 1 rings (SSSR count). The number of nitrogens with zero attached hydrogens (tertiary/aromatic N) is 1. The van der Waals surface area contributed by atoms with Crippen LogP contribution in [-0.2, 0) is 14.3 Å². The van der Waals surface area contributed by atoms with Gasteiger partial charge >= 0.3 is 5.97 Å². The molecule has 0 radical (unpaired) electrons. The van der Waals surface area contributed by atoms with Crippen LogP contribution in [0, 0.1) is 5.92 Å². The molecule has 2 amide bonds. The number of anilines is 1. The van der Waals surface area contributed by atoms with Crippen molar-refractivity contribution in [2.45, 2.75) is 34.1 Å². The van der Waals surface area contributed by atoms with Crippen LogP contribution in [0.25, 0.3) is 0 Å². The fourth-order valence-corrected chi connectivity index (χ4v) is 2.08. The van der Waals surface area contributed by atoms with Crippen molar-refractivity contribution >= 4 is 23.5 Å². The van der Waals surface area contributed by atoms with Gasteiger partial charge in [0.05, 0.1) is 12.2 Å². The van der Waals surface area contributed by atoms with E-state index in [0.29, 0.717) is 30.3 Å². The smallest absolute Gasteiger partial charge is 0.338 e. The van der Waals surface area contributed by atoms with Crippen molar-refractivity contribution in [3.05, 3.63) is 29.8 Å². The zero-order valence-electron chi connectivity index (χ0n) is 14.8. The largest absolute Gasteiger partial charge is 0.462 e. The molecule has 24 heavy (non-hydrogen) atoms. The number of nitrogens with one attached hydrogen (secondary N) is 1. The van der Waals surface area contributed by atoms with Gasteiger partial charge < -0.3 is 15.0 Å². The Morgan fingerprint density at radius 3 is 2.29 bits per heavy atom. The molecule has 0 aliphatic carbocycles. The summed E-state index contributed by atoms with van der Waals surface area (Å²) in [5.41, 5.74) is 0.972. The number of carbonyl (C=O) groups excluding carboxylic acids is 3. The SMILES string of the molecule is CCOC(=O)c1ccc(N(CC(=O)NCCC(C)C)C(C)=O)cc1. The van der Waals surface area contributed by atoms with Gasteiger partial charge in [0.25, 0.3) is 0 Å². The molecule has 0 unspecified atom stereocenters. The predicted molar refractivity (Wildman–Crippen MR) is 92.9 cm³/mol. The normalized spacial score (nSPS) is 10.4. The first-order valence-corrected chi connectivity index (χ1v) is 8.17. The Bertz CT molecular complexity index is 567. The second-order valence-electron chi connectivity index (χ2n) is 5.90. The summed E-state index contributed by atoms with van der Waals surface area (Å²) < 4.78 is 4.92. The van der Waals surface area contributed by atoms with E-state index in [1.807, 2.05) is 0 Å². The standard InChI is InChI=1S/C18H26N2O4/c1-5-24-18(23)15-6-8-16(9-7-15)20(14(4)21)12-17(22)19-11-10-13(2)3/h6-9,13H,5,10-12H2,1-4H3,(H,19,22). The summed E-state index contributed by atoms with van der Waals surface area (Å²) in [6.45, 7) is 8.15. The van der Waals surface area contributed by atoms with E-state index >= 15 is 0 Å². The molecule has 132 valence electrons. The average molecular weight is 334 g/mol. The van der Waals surface area contributed by atoms with Crippen molar-refractivity contribution in [1.29, 1.82) is 0 Å². The van der Waals surface area contributed by atoms with E-state index in [0.717, 1.165) is 6.42 Å². The topological polar surface area (TPSA) is 75.7 Å². The summed E-state index contributed by atoms with van der Waals surface area (Å²) in [5.74, 6) is -0.354. The molecule has 6 nitrogen and oxygen atoms in total. The van der Waals surface area contributed by atoms with E-state index in [4.69, 9.17) is 4.74 Å². The Hall–Kier alpha value is -2.37. The molecule has 0 spiro atoms. The molecule has 0 saturated carbocycles. The number of rotatable bonds is 8. The Labute approximate surface area is 143 Å². The molecule has 0 atom stereocenters. The van der Waals surface area contributed by atoms with E-state index in [1.165, 1.54) is 11.8 Å². The summed E-state index contributed by atoms with van der Waals surface area (Å²) in [6.07, 6.45) is 0.889. The van der Waals surface area contributed by atoms with Crippen LogP contribution in [-0.4, -0.2) is 37.5 Å². The van der Waals surface area contributed by atoms with Gasteiger partial charge in [-0.3, -0.25) is 9.59 Å². The van der Waals surface area contributed by atoms with E-state index in [1.54, 1.807) is 31.2 Å². The first-order chi connectivity index (χ1) is 11.3. The summed E-state index contributed by atoms with van der Waals surface area (Å²) in [4.78, 5) is 36.8. The zero-order valence-corrected chi connectivity index (χ0v) is 14.8. The molecule has 1 aromatic rings. The number of hydrogen-bond acceptors (Lipinski definition) is 4. The number of benzene rings is 1. The highest BCUT2D eigenvalue weighted by Gasteiger charge is 2.16. The maximum absolute atomic E-state index is 12.0. The lowest BCUT2D eigenvalue weighted by Gasteiger charge is -2.21. The lowest BCUT2D eigenvalue weighted by molar-refractivity contribution is -0.123. The monoisotopic (exact) mass is 334 g/mol. The predicted octanol–water partition coefficient (Wildman–Crippen LogP) is 2.38. The molecular weight excluding hydrogens is 308 g/mol. The Balaban J connectivity index is 2.72. The third-order valence-electron chi connectivity index (χ3n) is 3.42. The number of hydrogen-bond donors (Lipinski definition) is 1. The van der Waals surface area contributed by atoms with Gasteiger partial charge in [-0.25, -0.2) is 4.79 Å². The molecule has 0 aliphatic heterocycles. The summed E-state index contributed by atoms with van der Waals surface area (Å²) in [7, 11) is 0. The van der Waals surface area contributed by atoms with Crippen LogP contribution >= 0.6 is 0 Å². The van der Waals surface area contributed by atoms with Crippen molar-refractivity contribution in [2.75, 3.05) is 24.6 Å². The minimum Gasteiger partial charge on any atom is -0.462 e. The van der Waals surface area contributed by atoms with Crippen LogP contribution in [0.4, 0.5) is 5.69 Å². The van der Waals surface area contributed by atoms with Crippen LogP contribution < -0.4 is 10.2 Å². The van der Waals surface area contributed by atoms with E-state index < -0.39 is 5.97 Å². The van der Waals surface area contributed by atoms with Crippen LogP contribution in [0.15, 0.2) is 24.3 Å².